The molecule has 1 rings (SSSR count). The lowest BCUT2D eigenvalue weighted by atomic mass is 10.0. The third kappa shape index (κ3) is 2.07. The Morgan fingerprint density at radius 1 is 1.58 bits per heavy atom. The second kappa shape index (κ2) is 3.70. The van der Waals surface area contributed by atoms with E-state index in [1.54, 1.807) is 0 Å². The Morgan fingerprint density at radius 3 is 2.83 bits per heavy atom. The fourth-order valence-electron chi connectivity index (χ4n) is 1.30. The average molecular weight is 166 g/mol. The molecule has 0 aromatic heterocycles. The van der Waals surface area contributed by atoms with Gasteiger partial charge in [0.25, 0.3) is 0 Å². The van der Waals surface area contributed by atoms with Crippen molar-refractivity contribution in [2.45, 2.75) is 32.9 Å². The van der Waals surface area contributed by atoms with Gasteiger partial charge in [-0.25, -0.2) is 4.39 Å². The molecule has 0 fully saturated rings. The summed E-state index contributed by atoms with van der Waals surface area (Å²) in [6.45, 7) is 7.60. The van der Waals surface area contributed by atoms with Gasteiger partial charge in [-0.05, 0) is 31.4 Å². The van der Waals surface area contributed by atoms with E-state index >= 15 is 0 Å². The molecule has 0 aromatic carbocycles. The SMILES string of the molecule is C=C(C)C1=CCC=C(C)C(F)C1. The van der Waals surface area contributed by atoms with Crippen molar-refractivity contribution in [2.75, 3.05) is 0 Å². The Hall–Kier alpha value is -0.850. The molecule has 1 aliphatic rings. The summed E-state index contributed by atoms with van der Waals surface area (Å²) in [6, 6.07) is 0. The maximum absolute atomic E-state index is 13.3. The molecular weight excluding hydrogens is 151 g/mol. The second-order valence-corrected chi connectivity index (χ2v) is 3.37. The van der Waals surface area contributed by atoms with Crippen LogP contribution in [0.1, 0.15) is 26.7 Å². The molecule has 0 nitrogen and oxygen atoms in total. The fourth-order valence-corrected chi connectivity index (χ4v) is 1.30. The van der Waals surface area contributed by atoms with Gasteiger partial charge in [-0.2, -0.15) is 0 Å². The van der Waals surface area contributed by atoms with Gasteiger partial charge >= 0.3 is 0 Å². The van der Waals surface area contributed by atoms with Crippen LogP contribution < -0.4 is 0 Å². The molecule has 0 saturated carbocycles. The predicted octanol–water partition coefficient (Wildman–Crippen LogP) is 3.57. The Labute approximate surface area is 73.5 Å². The molecule has 12 heavy (non-hydrogen) atoms. The van der Waals surface area contributed by atoms with Crippen molar-refractivity contribution >= 4 is 0 Å². The summed E-state index contributed by atoms with van der Waals surface area (Å²) in [7, 11) is 0. The summed E-state index contributed by atoms with van der Waals surface area (Å²) in [4.78, 5) is 0. The molecule has 1 atom stereocenters. The van der Waals surface area contributed by atoms with E-state index in [0.29, 0.717) is 6.42 Å². The average Bonchev–Trinajstić information content (AvgIpc) is 2.15. The van der Waals surface area contributed by atoms with Crippen LogP contribution in [0.5, 0.6) is 0 Å². The highest BCUT2D eigenvalue weighted by atomic mass is 19.1. The van der Waals surface area contributed by atoms with Crippen molar-refractivity contribution in [1.29, 1.82) is 0 Å². The van der Waals surface area contributed by atoms with Gasteiger partial charge in [0.15, 0.2) is 0 Å². The van der Waals surface area contributed by atoms with Gasteiger partial charge in [0.2, 0.25) is 0 Å². The zero-order valence-corrected chi connectivity index (χ0v) is 7.73. The number of alkyl halides is 1. The first-order valence-corrected chi connectivity index (χ1v) is 4.27. The minimum atomic E-state index is -0.810. The lowest BCUT2D eigenvalue weighted by Gasteiger charge is -2.09. The Bertz CT molecular complexity index is 246. The highest BCUT2D eigenvalue weighted by Gasteiger charge is 2.13. The van der Waals surface area contributed by atoms with Crippen LogP contribution in [-0.2, 0) is 0 Å². The highest BCUT2D eigenvalue weighted by Crippen LogP contribution is 2.24. The van der Waals surface area contributed by atoms with Crippen molar-refractivity contribution in [3.05, 3.63) is 35.5 Å². The zero-order valence-electron chi connectivity index (χ0n) is 7.73. The summed E-state index contributed by atoms with van der Waals surface area (Å²) >= 11 is 0. The van der Waals surface area contributed by atoms with E-state index < -0.39 is 6.17 Å². The summed E-state index contributed by atoms with van der Waals surface area (Å²) < 4.78 is 13.3. The Balaban J connectivity index is 2.76. The molecule has 66 valence electrons. The minimum absolute atomic E-state index is 0.498. The Morgan fingerprint density at radius 2 is 2.25 bits per heavy atom. The molecule has 1 unspecified atom stereocenters. The minimum Gasteiger partial charge on any atom is -0.242 e. The molecule has 0 aromatic rings. The fraction of sp³-hybridized carbons (Fsp3) is 0.455. The molecule has 0 N–H and O–H groups in total. The van der Waals surface area contributed by atoms with E-state index in [4.69, 9.17) is 0 Å². The van der Waals surface area contributed by atoms with Gasteiger partial charge in [0.05, 0.1) is 0 Å². The summed E-state index contributed by atoms with van der Waals surface area (Å²) in [5, 5.41) is 0. The van der Waals surface area contributed by atoms with Crippen molar-refractivity contribution in [2.24, 2.45) is 0 Å². The normalized spacial score (nSPS) is 24.1. The van der Waals surface area contributed by atoms with Crippen molar-refractivity contribution in [3.63, 3.8) is 0 Å². The number of halogens is 1. The van der Waals surface area contributed by atoms with E-state index in [0.717, 1.165) is 23.1 Å². The van der Waals surface area contributed by atoms with Gasteiger partial charge in [0.1, 0.15) is 6.17 Å². The predicted molar refractivity (Wildman–Crippen MR) is 50.8 cm³/mol. The van der Waals surface area contributed by atoms with Crippen LogP contribution in [0.25, 0.3) is 0 Å². The van der Waals surface area contributed by atoms with E-state index in [1.165, 1.54) is 0 Å². The first kappa shape index (κ1) is 9.24. The van der Waals surface area contributed by atoms with Crippen LogP contribution in [0.2, 0.25) is 0 Å². The first-order valence-electron chi connectivity index (χ1n) is 4.27. The number of hydrogen-bond acceptors (Lipinski definition) is 0. The van der Waals surface area contributed by atoms with Crippen LogP contribution in [0.3, 0.4) is 0 Å². The quantitative estimate of drug-likeness (QED) is 0.522. The van der Waals surface area contributed by atoms with E-state index in [-0.39, 0.29) is 0 Å². The van der Waals surface area contributed by atoms with Gasteiger partial charge in [-0.3, -0.25) is 0 Å². The lowest BCUT2D eigenvalue weighted by molar-refractivity contribution is 0.381. The molecule has 0 aliphatic heterocycles. The molecule has 1 aliphatic carbocycles. The smallest absolute Gasteiger partial charge is 0.125 e. The largest absolute Gasteiger partial charge is 0.242 e. The van der Waals surface area contributed by atoms with Crippen LogP contribution in [-0.4, -0.2) is 6.17 Å². The highest BCUT2D eigenvalue weighted by molar-refractivity contribution is 5.31. The van der Waals surface area contributed by atoms with E-state index in [9.17, 15) is 4.39 Å². The number of rotatable bonds is 1. The van der Waals surface area contributed by atoms with Crippen molar-refractivity contribution < 1.29 is 4.39 Å². The molecule has 0 amide bonds. The molecular formula is C11H15F. The van der Waals surface area contributed by atoms with Gasteiger partial charge in [-0.15, -0.1) is 0 Å². The monoisotopic (exact) mass is 166 g/mol. The maximum atomic E-state index is 13.3. The third-order valence-corrected chi connectivity index (χ3v) is 2.25. The van der Waals surface area contributed by atoms with Crippen molar-refractivity contribution in [3.8, 4) is 0 Å². The van der Waals surface area contributed by atoms with Gasteiger partial charge in [-0.1, -0.05) is 24.3 Å². The van der Waals surface area contributed by atoms with Crippen LogP contribution in [0.4, 0.5) is 4.39 Å². The summed E-state index contributed by atoms with van der Waals surface area (Å²) in [5.41, 5.74) is 2.90. The van der Waals surface area contributed by atoms with Crippen LogP contribution in [0.15, 0.2) is 35.5 Å². The maximum Gasteiger partial charge on any atom is 0.125 e. The molecule has 0 saturated heterocycles. The number of hydrogen-bond donors (Lipinski definition) is 0. The molecule has 1 heteroatoms. The molecule has 0 radical (unpaired) electrons. The lowest BCUT2D eigenvalue weighted by Crippen LogP contribution is -2.02. The van der Waals surface area contributed by atoms with Gasteiger partial charge in [0, 0.05) is 6.42 Å². The first-order chi connectivity index (χ1) is 5.61. The standard InChI is InChI=1S/C11H15F/c1-8(2)10-6-4-5-9(3)11(12)7-10/h5-6,11H,1,4,7H2,2-3H3. The summed E-state index contributed by atoms with van der Waals surface area (Å²) in [6.07, 6.45) is 4.54. The van der Waals surface area contributed by atoms with Crippen LogP contribution >= 0.6 is 0 Å². The molecule has 0 bridgehead atoms. The number of allylic oxidation sites excluding steroid dienone is 5. The molecule has 0 spiro atoms. The summed E-state index contributed by atoms with van der Waals surface area (Å²) in [5.74, 6) is 0. The van der Waals surface area contributed by atoms with Gasteiger partial charge < -0.3 is 0 Å². The topological polar surface area (TPSA) is 0 Å². The molecule has 0 heterocycles. The van der Waals surface area contributed by atoms with Crippen molar-refractivity contribution in [1.82, 2.24) is 0 Å². The van der Waals surface area contributed by atoms with E-state index in [1.807, 2.05) is 19.9 Å². The van der Waals surface area contributed by atoms with E-state index in [2.05, 4.69) is 12.7 Å². The second-order valence-electron chi connectivity index (χ2n) is 3.37. The zero-order chi connectivity index (χ0) is 9.14. The van der Waals surface area contributed by atoms with Crippen LogP contribution in [0, 0.1) is 0 Å². The Kier molecular flexibility index (Phi) is 2.85. The third-order valence-electron chi connectivity index (χ3n) is 2.25.